The zero-order valence-electron chi connectivity index (χ0n) is 9.61. The summed E-state index contributed by atoms with van der Waals surface area (Å²) < 4.78 is 1.28. The molecule has 0 radical (unpaired) electrons. The lowest BCUT2D eigenvalue weighted by Crippen LogP contribution is -2.16. The Morgan fingerprint density at radius 1 is 1.33 bits per heavy atom. The van der Waals surface area contributed by atoms with E-state index in [1.165, 1.54) is 10.3 Å². The molecule has 0 bridgehead atoms. The fourth-order valence-electron chi connectivity index (χ4n) is 1.62. The van der Waals surface area contributed by atoms with Gasteiger partial charge in [-0.05, 0) is 45.6 Å². The molecule has 1 atom stereocenters. The standard InChI is InChI=1S/C12H16N2S/c1-8(14(3)4)10-5-6-12-11(7-10)13-9(2)15-12/h5-8H,1-4H3. The summed E-state index contributed by atoms with van der Waals surface area (Å²) in [4.78, 5) is 6.72. The predicted octanol–water partition coefficient (Wildman–Crippen LogP) is 3.23. The molecule has 1 unspecified atom stereocenters. The number of thiazole rings is 1. The van der Waals surface area contributed by atoms with E-state index in [1.807, 2.05) is 0 Å². The number of hydrogen-bond donors (Lipinski definition) is 0. The van der Waals surface area contributed by atoms with Gasteiger partial charge in [0.2, 0.25) is 0 Å². The van der Waals surface area contributed by atoms with E-state index in [-0.39, 0.29) is 0 Å². The van der Waals surface area contributed by atoms with E-state index in [2.05, 4.69) is 56.0 Å². The average Bonchev–Trinajstić information content (AvgIpc) is 2.55. The first-order chi connectivity index (χ1) is 7.08. The minimum Gasteiger partial charge on any atom is -0.303 e. The number of fused-ring (bicyclic) bond motifs is 1. The van der Waals surface area contributed by atoms with E-state index < -0.39 is 0 Å². The maximum absolute atomic E-state index is 4.52. The van der Waals surface area contributed by atoms with E-state index in [0.717, 1.165) is 10.5 Å². The molecule has 1 aromatic carbocycles. The van der Waals surface area contributed by atoms with Crippen molar-refractivity contribution in [1.29, 1.82) is 0 Å². The molecule has 0 amide bonds. The summed E-state index contributed by atoms with van der Waals surface area (Å²) in [5, 5.41) is 1.14. The van der Waals surface area contributed by atoms with Crippen LogP contribution in [0.15, 0.2) is 18.2 Å². The van der Waals surface area contributed by atoms with E-state index in [9.17, 15) is 0 Å². The second-order valence-corrected chi connectivity index (χ2v) is 5.33. The van der Waals surface area contributed by atoms with Gasteiger partial charge in [0.15, 0.2) is 0 Å². The van der Waals surface area contributed by atoms with Gasteiger partial charge in [-0.25, -0.2) is 4.98 Å². The SMILES string of the molecule is Cc1nc2cc(C(C)N(C)C)ccc2s1. The Hall–Kier alpha value is -0.930. The van der Waals surface area contributed by atoms with Crippen molar-refractivity contribution in [3.8, 4) is 0 Å². The molecule has 2 rings (SSSR count). The van der Waals surface area contributed by atoms with Crippen LogP contribution in [0.25, 0.3) is 10.2 Å². The quantitative estimate of drug-likeness (QED) is 0.772. The summed E-state index contributed by atoms with van der Waals surface area (Å²) in [6.45, 7) is 4.26. The summed E-state index contributed by atoms with van der Waals surface area (Å²) in [6.07, 6.45) is 0. The molecule has 1 heterocycles. The molecular formula is C12H16N2S. The summed E-state index contributed by atoms with van der Waals surface area (Å²) >= 11 is 1.76. The van der Waals surface area contributed by atoms with Gasteiger partial charge in [0.1, 0.15) is 0 Å². The molecule has 0 aliphatic heterocycles. The van der Waals surface area contributed by atoms with Crippen LogP contribution in [0.3, 0.4) is 0 Å². The van der Waals surface area contributed by atoms with E-state index in [4.69, 9.17) is 0 Å². The Morgan fingerprint density at radius 2 is 2.07 bits per heavy atom. The zero-order chi connectivity index (χ0) is 11.0. The maximum Gasteiger partial charge on any atom is 0.0907 e. The summed E-state index contributed by atoms with van der Waals surface area (Å²) in [5.41, 5.74) is 2.46. The van der Waals surface area contributed by atoms with Gasteiger partial charge in [0.05, 0.1) is 15.2 Å². The van der Waals surface area contributed by atoms with Gasteiger partial charge in [-0.1, -0.05) is 6.07 Å². The third-order valence-electron chi connectivity index (χ3n) is 2.78. The van der Waals surface area contributed by atoms with E-state index in [1.54, 1.807) is 11.3 Å². The molecule has 0 aliphatic carbocycles. The molecular weight excluding hydrogens is 204 g/mol. The number of aryl methyl sites for hydroxylation is 1. The topological polar surface area (TPSA) is 16.1 Å². The molecule has 1 aromatic heterocycles. The Morgan fingerprint density at radius 3 is 2.73 bits per heavy atom. The molecule has 0 aliphatic rings. The second kappa shape index (κ2) is 3.91. The molecule has 0 N–H and O–H groups in total. The number of rotatable bonds is 2. The van der Waals surface area contributed by atoms with Crippen molar-refractivity contribution in [3.05, 3.63) is 28.8 Å². The molecule has 2 nitrogen and oxygen atoms in total. The highest BCUT2D eigenvalue weighted by atomic mass is 32.1. The van der Waals surface area contributed by atoms with Gasteiger partial charge in [-0.2, -0.15) is 0 Å². The van der Waals surface area contributed by atoms with E-state index >= 15 is 0 Å². The Bertz CT molecular complexity index is 473. The maximum atomic E-state index is 4.52. The normalized spacial score (nSPS) is 13.7. The number of hydrogen-bond acceptors (Lipinski definition) is 3. The molecule has 0 saturated carbocycles. The van der Waals surface area contributed by atoms with Crippen molar-refractivity contribution in [1.82, 2.24) is 9.88 Å². The van der Waals surface area contributed by atoms with Gasteiger partial charge in [0.25, 0.3) is 0 Å². The fraction of sp³-hybridized carbons (Fsp3) is 0.417. The van der Waals surface area contributed by atoms with E-state index in [0.29, 0.717) is 6.04 Å². The summed E-state index contributed by atoms with van der Waals surface area (Å²) in [7, 11) is 4.20. The van der Waals surface area contributed by atoms with Gasteiger partial charge in [0, 0.05) is 6.04 Å². The number of nitrogens with zero attached hydrogens (tertiary/aromatic N) is 2. The molecule has 0 spiro atoms. The fourth-order valence-corrected chi connectivity index (χ4v) is 2.43. The monoisotopic (exact) mass is 220 g/mol. The van der Waals surface area contributed by atoms with Crippen LogP contribution in [0.1, 0.15) is 23.5 Å². The molecule has 2 aromatic rings. The highest BCUT2D eigenvalue weighted by Gasteiger charge is 2.09. The second-order valence-electron chi connectivity index (χ2n) is 4.10. The third-order valence-corrected chi connectivity index (χ3v) is 3.73. The van der Waals surface area contributed by atoms with Crippen molar-refractivity contribution < 1.29 is 0 Å². The Labute approximate surface area is 94.6 Å². The lowest BCUT2D eigenvalue weighted by atomic mass is 10.1. The highest BCUT2D eigenvalue weighted by Crippen LogP contribution is 2.26. The molecule has 0 saturated heterocycles. The van der Waals surface area contributed by atoms with Crippen LogP contribution in [0.4, 0.5) is 0 Å². The molecule has 0 fully saturated rings. The predicted molar refractivity (Wildman–Crippen MR) is 66.5 cm³/mol. The third kappa shape index (κ3) is 2.03. The number of aromatic nitrogens is 1. The van der Waals surface area contributed by atoms with Crippen molar-refractivity contribution >= 4 is 21.6 Å². The van der Waals surface area contributed by atoms with Crippen molar-refractivity contribution in [2.75, 3.05) is 14.1 Å². The minimum atomic E-state index is 0.441. The highest BCUT2D eigenvalue weighted by molar-refractivity contribution is 7.18. The molecule has 3 heteroatoms. The van der Waals surface area contributed by atoms with Gasteiger partial charge >= 0.3 is 0 Å². The Balaban J connectivity index is 2.46. The average molecular weight is 220 g/mol. The van der Waals surface area contributed by atoms with Gasteiger partial charge < -0.3 is 4.90 Å². The lowest BCUT2D eigenvalue weighted by Gasteiger charge is -2.19. The van der Waals surface area contributed by atoms with Crippen LogP contribution in [0.2, 0.25) is 0 Å². The minimum absolute atomic E-state index is 0.441. The first-order valence-corrected chi connectivity index (χ1v) is 5.93. The Kier molecular flexibility index (Phi) is 2.76. The zero-order valence-corrected chi connectivity index (χ0v) is 10.4. The smallest absolute Gasteiger partial charge is 0.0907 e. The summed E-state index contributed by atoms with van der Waals surface area (Å²) in [6, 6.07) is 7.01. The van der Waals surface area contributed by atoms with Crippen LogP contribution in [0, 0.1) is 6.92 Å². The van der Waals surface area contributed by atoms with Crippen molar-refractivity contribution in [2.24, 2.45) is 0 Å². The lowest BCUT2D eigenvalue weighted by molar-refractivity contribution is 0.321. The van der Waals surface area contributed by atoms with Crippen LogP contribution < -0.4 is 0 Å². The van der Waals surface area contributed by atoms with Crippen LogP contribution in [-0.2, 0) is 0 Å². The van der Waals surface area contributed by atoms with Gasteiger partial charge in [-0.15, -0.1) is 11.3 Å². The summed E-state index contributed by atoms with van der Waals surface area (Å²) in [5.74, 6) is 0. The molecule has 15 heavy (non-hydrogen) atoms. The van der Waals surface area contributed by atoms with Crippen LogP contribution >= 0.6 is 11.3 Å². The van der Waals surface area contributed by atoms with Crippen molar-refractivity contribution in [3.63, 3.8) is 0 Å². The van der Waals surface area contributed by atoms with Crippen LogP contribution in [0.5, 0.6) is 0 Å². The largest absolute Gasteiger partial charge is 0.303 e. The first kappa shape index (κ1) is 10.6. The van der Waals surface area contributed by atoms with Gasteiger partial charge in [-0.3, -0.25) is 0 Å². The van der Waals surface area contributed by atoms with Crippen molar-refractivity contribution in [2.45, 2.75) is 19.9 Å². The first-order valence-electron chi connectivity index (χ1n) is 5.11. The van der Waals surface area contributed by atoms with Crippen LogP contribution in [-0.4, -0.2) is 24.0 Å². The molecule has 80 valence electrons. The number of benzene rings is 1.